The fourth-order valence-corrected chi connectivity index (χ4v) is 3.19. The molecule has 0 amide bonds. The van der Waals surface area contributed by atoms with Crippen LogP contribution >= 0.6 is 35.0 Å². The van der Waals surface area contributed by atoms with Gasteiger partial charge in [-0.3, -0.25) is 0 Å². The van der Waals surface area contributed by atoms with E-state index in [0.29, 0.717) is 10.0 Å². The van der Waals surface area contributed by atoms with Gasteiger partial charge in [-0.2, -0.15) is 0 Å². The quantitative estimate of drug-likeness (QED) is 0.680. The standard InChI is InChI=1S/C16H15Cl2NOS/c1-11(19-14-3-5-15(20-2)6-4-14)10-21-16-8-12(17)7-13(18)9-16/h3-9,19H,1,10H2,2H3. The lowest BCUT2D eigenvalue weighted by molar-refractivity contribution is 0.415. The maximum absolute atomic E-state index is 5.98. The van der Waals surface area contributed by atoms with Crippen LogP contribution in [0.15, 0.2) is 59.6 Å². The smallest absolute Gasteiger partial charge is 0.119 e. The van der Waals surface area contributed by atoms with Crippen molar-refractivity contribution in [2.45, 2.75) is 4.90 Å². The summed E-state index contributed by atoms with van der Waals surface area (Å²) in [6, 6.07) is 13.2. The van der Waals surface area contributed by atoms with Crippen molar-refractivity contribution in [3.8, 4) is 5.75 Å². The summed E-state index contributed by atoms with van der Waals surface area (Å²) in [5.41, 5.74) is 1.88. The molecule has 0 aromatic heterocycles. The first-order valence-electron chi connectivity index (χ1n) is 6.24. The largest absolute Gasteiger partial charge is 0.497 e. The van der Waals surface area contributed by atoms with Crippen molar-refractivity contribution >= 4 is 40.7 Å². The zero-order valence-electron chi connectivity index (χ0n) is 11.5. The molecule has 0 bridgehead atoms. The Labute approximate surface area is 139 Å². The van der Waals surface area contributed by atoms with Crippen LogP contribution < -0.4 is 10.1 Å². The molecule has 2 rings (SSSR count). The first-order valence-corrected chi connectivity index (χ1v) is 7.99. The van der Waals surface area contributed by atoms with Gasteiger partial charge in [0.25, 0.3) is 0 Å². The first kappa shape index (κ1) is 16.1. The van der Waals surface area contributed by atoms with Crippen molar-refractivity contribution in [3.05, 3.63) is 64.8 Å². The first-order chi connectivity index (χ1) is 10.1. The Morgan fingerprint density at radius 2 is 1.76 bits per heavy atom. The Bertz CT molecular complexity index is 608. The van der Waals surface area contributed by atoms with Crippen LogP contribution in [0.3, 0.4) is 0 Å². The number of thioether (sulfide) groups is 1. The molecule has 0 saturated carbocycles. The summed E-state index contributed by atoms with van der Waals surface area (Å²) in [7, 11) is 1.65. The van der Waals surface area contributed by atoms with Gasteiger partial charge in [0, 0.05) is 32.1 Å². The van der Waals surface area contributed by atoms with Crippen LogP contribution in [0, 0.1) is 0 Å². The van der Waals surface area contributed by atoms with Gasteiger partial charge in [-0.25, -0.2) is 0 Å². The molecule has 2 nitrogen and oxygen atoms in total. The summed E-state index contributed by atoms with van der Waals surface area (Å²) in [4.78, 5) is 1.02. The minimum absolute atomic E-state index is 0.638. The molecule has 0 fully saturated rings. The molecule has 2 aromatic carbocycles. The molecule has 0 saturated heterocycles. The highest BCUT2D eigenvalue weighted by Gasteiger charge is 2.02. The summed E-state index contributed by atoms with van der Waals surface area (Å²) in [6.07, 6.45) is 0. The van der Waals surface area contributed by atoms with Crippen molar-refractivity contribution in [1.82, 2.24) is 0 Å². The van der Waals surface area contributed by atoms with Crippen LogP contribution in [0.1, 0.15) is 0 Å². The van der Waals surface area contributed by atoms with Gasteiger partial charge in [-0.15, -0.1) is 11.8 Å². The minimum Gasteiger partial charge on any atom is -0.497 e. The van der Waals surface area contributed by atoms with Crippen LogP contribution in [0.4, 0.5) is 5.69 Å². The van der Waals surface area contributed by atoms with Gasteiger partial charge in [-0.05, 0) is 42.5 Å². The highest BCUT2D eigenvalue weighted by Crippen LogP contribution is 2.28. The third-order valence-corrected chi connectivity index (χ3v) is 4.16. The number of halogens is 2. The fraction of sp³-hybridized carbons (Fsp3) is 0.125. The lowest BCUT2D eigenvalue weighted by Gasteiger charge is -2.10. The van der Waals surface area contributed by atoms with E-state index >= 15 is 0 Å². The van der Waals surface area contributed by atoms with Crippen molar-refractivity contribution in [2.24, 2.45) is 0 Å². The molecule has 0 atom stereocenters. The van der Waals surface area contributed by atoms with Crippen LogP contribution in [-0.4, -0.2) is 12.9 Å². The Morgan fingerprint density at radius 3 is 2.33 bits per heavy atom. The maximum atomic E-state index is 5.98. The van der Waals surface area contributed by atoms with Gasteiger partial charge in [0.05, 0.1) is 7.11 Å². The van der Waals surface area contributed by atoms with Crippen molar-refractivity contribution in [1.29, 1.82) is 0 Å². The molecule has 0 heterocycles. The second-order valence-corrected chi connectivity index (χ2v) is 6.27. The summed E-state index contributed by atoms with van der Waals surface area (Å²) >= 11 is 13.6. The summed E-state index contributed by atoms with van der Waals surface area (Å²) in [5.74, 6) is 1.55. The van der Waals surface area contributed by atoms with Gasteiger partial charge >= 0.3 is 0 Å². The molecule has 110 valence electrons. The van der Waals surface area contributed by atoms with E-state index in [1.54, 1.807) is 24.9 Å². The molecule has 0 aliphatic rings. The molecule has 0 aliphatic heterocycles. The monoisotopic (exact) mass is 339 g/mol. The normalized spacial score (nSPS) is 10.2. The molecule has 0 radical (unpaired) electrons. The summed E-state index contributed by atoms with van der Waals surface area (Å²) in [6.45, 7) is 4.02. The summed E-state index contributed by atoms with van der Waals surface area (Å²) in [5, 5.41) is 4.53. The van der Waals surface area contributed by atoms with E-state index in [1.807, 2.05) is 36.4 Å². The fourth-order valence-electron chi connectivity index (χ4n) is 1.70. The minimum atomic E-state index is 0.638. The molecule has 1 N–H and O–H groups in total. The highest BCUT2D eigenvalue weighted by molar-refractivity contribution is 7.99. The van der Waals surface area contributed by atoms with E-state index in [1.165, 1.54) is 0 Å². The van der Waals surface area contributed by atoms with Gasteiger partial charge in [0.2, 0.25) is 0 Å². The van der Waals surface area contributed by atoms with Crippen molar-refractivity contribution in [3.63, 3.8) is 0 Å². The second kappa shape index (κ2) is 7.64. The topological polar surface area (TPSA) is 21.3 Å². The number of ether oxygens (including phenoxy) is 1. The van der Waals surface area contributed by atoms with E-state index in [4.69, 9.17) is 27.9 Å². The molecular formula is C16H15Cl2NOS. The van der Waals surface area contributed by atoms with Crippen LogP contribution in [0.25, 0.3) is 0 Å². The molecular weight excluding hydrogens is 325 g/mol. The highest BCUT2D eigenvalue weighted by atomic mass is 35.5. The number of methoxy groups -OCH3 is 1. The van der Waals surface area contributed by atoms with E-state index in [2.05, 4.69) is 11.9 Å². The third kappa shape index (κ3) is 5.20. The van der Waals surface area contributed by atoms with E-state index in [-0.39, 0.29) is 0 Å². The number of hydrogen-bond donors (Lipinski definition) is 1. The average molecular weight is 340 g/mol. The molecule has 2 aromatic rings. The van der Waals surface area contributed by atoms with Crippen molar-refractivity contribution in [2.75, 3.05) is 18.2 Å². The van der Waals surface area contributed by atoms with Gasteiger partial charge < -0.3 is 10.1 Å². The Kier molecular flexibility index (Phi) is 5.85. The lowest BCUT2D eigenvalue weighted by atomic mass is 10.3. The van der Waals surface area contributed by atoms with Crippen LogP contribution in [0.2, 0.25) is 10.0 Å². The zero-order chi connectivity index (χ0) is 15.2. The van der Waals surface area contributed by atoms with E-state index in [9.17, 15) is 0 Å². The van der Waals surface area contributed by atoms with Crippen LogP contribution in [-0.2, 0) is 0 Å². The average Bonchev–Trinajstić information content (AvgIpc) is 2.45. The number of nitrogens with one attached hydrogen (secondary N) is 1. The van der Waals surface area contributed by atoms with E-state index in [0.717, 1.165) is 27.8 Å². The van der Waals surface area contributed by atoms with Crippen molar-refractivity contribution < 1.29 is 4.74 Å². The maximum Gasteiger partial charge on any atom is 0.119 e. The van der Waals surface area contributed by atoms with Gasteiger partial charge in [-0.1, -0.05) is 29.8 Å². The zero-order valence-corrected chi connectivity index (χ0v) is 13.9. The molecule has 0 aliphatic carbocycles. The number of hydrogen-bond acceptors (Lipinski definition) is 3. The SMILES string of the molecule is C=C(CSc1cc(Cl)cc(Cl)c1)Nc1ccc(OC)cc1. The molecule has 0 unspecified atom stereocenters. The molecule has 5 heteroatoms. The number of anilines is 1. The van der Waals surface area contributed by atoms with Gasteiger partial charge in [0.1, 0.15) is 5.75 Å². The number of benzene rings is 2. The van der Waals surface area contributed by atoms with Gasteiger partial charge in [0.15, 0.2) is 0 Å². The Balaban J connectivity index is 1.89. The summed E-state index contributed by atoms with van der Waals surface area (Å²) < 4.78 is 5.12. The second-order valence-electron chi connectivity index (χ2n) is 4.35. The predicted octanol–water partition coefficient (Wildman–Crippen LogP) is 5.72. The third-order valence-electron chi connectivity index (χ3n) is 2.66. The Morgan fingerprint density at radius 1 is 1.14 bits per heavy atom. The molecule has 21 heavy (non-hydrogen) atoms. The number of rotatable bonds is 6. The molecule has 0 spiro atoms. The Hall–Kier alpha value is -1.29. The lowest BCUT2D eigenvalue weighted by Crippen LogP contribution is -2.00. The van der Waals surface area contributed by atoms with E-state index < -0.39 is 0 Å². The predicted molar refractivity (Wildman–Crippen MR) is 92.9 cm³/mol. The van der Waals surface area contributed by atoms with Crippen LogP contribution in [0.5, 0.6) is 5.75 Å².